The SMILES string of the molecule is CCCNc1ccccc1C(=O)N(C)Cc1cn[nH]c1. The molecule has 0 radical (unpaired) electrons. The van der Waals surface area contributed by atoms with Crippen molar-refractivity contribution in [3.8, 4) is 0 Å². The zero-order chi connectivity index (χ0) is 14.4. The highest BCUT2D eigenvalue weighted by molar-refractivity contribution is 5.99. The first-order valence-corrected chi connectivity index (χ1v) is 6.78. The van der Waals surface area contributed by atoms with Crippen molar-refractivity contribution in [3.05, 3.63) is 47.8 Å². The van der Waals surface area contributed by atoms with Crippen LogP contribution in [0.25, 0.3) is 0 Å². The van der Waals surface area contributed by atoms with E-state index in [1.165, 1.54) is 0 Å². The fourth-order valence-corrected chi connectivity index (χ4v) is 2.00. The van der Waals surface area contributed by atoms with E-state index >= 15 is 0 Å². The molecule has 0 bridgehead atoms. The Balaban J connectivity index is 2.11. The molecule has 0 saturated carbocycles. The molecule has 2 rings (SSSR count). The second-order valence-corrected chi connectivity index (χ2v) is 4.74. The molecule has 1 aromatic heterocycles. The first kappa shape index (κ1) is 14.1. The fraction of sp³-hybridized carbons (Fsp3) is 0.333. The predicted molar refractivity (Wildman–Crippen MR) is 79.6 cm³/mol. The number of hydrogen-bond donors (Lipinski definition) is 2. The maximum atomic E-state index is 12.5. The molecule has 0 atom stereocenters. The maximum absolute atomic E-state index is 12.5. The van der Waals surface area contributed by atoms with Gasteiger partial charge in [0.05, 0.1) is 11.8 Å². The Kier molecular flexibility index (Phi) is 4.76. The first-order valence-electron chi connectivity index (χ1n) is 6.78. The van der Waals surface area contributed by atoms with Crippen molar-refractivity contribution in [3.63, 3.8) is 0 Å². The maximum Gasteiger partial charge on any atom is 0.255 e. The Morgan fingerprint density at radius 2 is 2.20 bits per heavy atom. The Hall–Kier alpha value is -2.30. The lowest BCUT2D eigenvalue weighted by molar-refractivity contribution is 0.0786. The number of nitrogens with zero attached hydrogens (tertiary/aromatic N) is 2. The summed E-state index contributed by atoms with van der Waals surface area (Å²) in [4.78, 5) is 14.2. The fourth-order valence-electron chi connectivity index (χ4n) is 2.00. The van der Waals surface area contributed by atoms with Gasteiger partial charge in [0.15, 0.2) is 0 Å². The molecule has 5 nitrogen and oxygen atoms in total. The van der Waals surface area contributed by atoms with Crippen LogP contribution >= 0.6 is 0 Å². The number of amides is 1. The second kappa shape index (κ2) is 6.75. The molecule has 106 valence electrons. The summed E-state index contributed by atoms with van der Waals surface area (Å²) in [6.45, 7) is 3.50. The van der Waals surface area contributed by atoms with Crippen LogP contribution in [0.1, 0.15) is 29.3 Å². The third-order valence-electron chi connectivity index (χ3n) is 3.04. The molecular weight excluding hydrogens is 252 g/mol. The van der Waals surface area contributed by atoms with Crippen molar-refractivity contribution >= 4 is 11.6 Å². The standard InChI is InChI=1S/C15H20N4O/c1-3-8-16-14-7-5-4-6-13(14)15(20)19(2)11-12-9-17-18-10-12/h4-7,9-10,16H,3,8,11H2,1-2H3,(H,17,18). The Morgan fingerprint density at radius 1 is 1.40 bits per heavy atom. The van der Waals surface area contributed by atoms with Crippen LogP contribution in [-0.4, -0.2) is 34.6 Å². The van der Waals surface area contributed by atoms with Crippen molar-refractivity contribution < 1.29 is 4.79 Å². The largest absolute Gasteiger partial charge is 0.384 e. The molecule has 0 saturated heterocycles. The number of H-pyrrole nitrogens is 1. The van der Waals surface area contributed by atoms with Gasteiger partial charge in [0.2, 0.25) is 0 Å². The van der Waals surface area contributed by atoms with E-state index in [9.17, 15) is 4.79 Å². The van der Waals surface area contributed by atoms with Crippen molar-refractivity contribution in [1.82, 2.24) is 15.1 Å². The molecule has 0 aliphatic carbocycles. The Labute approximate surface area is 119 Å². The van der Waals surface area contributed by atoms with Crippen molar-refractivity contribution in [1.29, 1.82) is 0 Å². The molecule has 2 N–H and O–H groups in total. The van der Waals surface area contributed by atoms with E-state index in [-0.39, 0.29) is 5.91 Å². The number of aromatic nitrogens is 2. The molecule has 2 aromatic rings. The van der Waals surface area contributed by atoms with Crippen LogP contribution < -0.4 is 5.32 Å². The van der Waals surface area contributed by atoms with Gasteiger partial charge in [-0.2, -0.15) is 5.10 Å². The van der Waals surface area contributed by atoms with Crippen molar-refractivity contribution in [2.75, 3.05) is 18.9 Å². The minimum absolute atomic E-state index is 0.00500. The van der Waals surface area contributed by atoms with Gasteiger partial charge >= 0.3 is 0 Å². The highest BCUT2D eigenvalue weighted by Gasteiger charge is 2.15. The zero-order valence-corrected chi connectivity index (χ0v) is 11.9. The molecule has 0 fully saturated rings. The van der Waals surface area contributed by atoms with Crippen molar-refractivity contribution in [2.24, 2.45) is 0 Å². The number of nitrogens with one attached hydrogen (secondary N) is 2. The van der Waals surface area contributed by atoms with E-state index in [2.05, 4.69) is 22.4 Å². The molecule has 20 heavy (non-hydrogen) atoms. The van der Waals surface area contributed by atoms with Gasteiger partial charge in [0, 0.05) is 37.6 Å². The highest BCUT2D eigenvalue weighted by Crippen LogP contribution is 2.17. The topological polar surface area (TPSA) is 61.0 Å². The van der Waals surface area contributed by atoms with E-state index in [4.69, 9.17) is 0 Å². The van der Waals surface area contributed by atoms with E-state index in [0.717, 1.165) is 24.2 Å². The normalized spacial score (nSPS) is 10.3. The van der Waals surface area contributed by atoms with Crippen LogP contribution in [0.4, 0.5) is 5.69 Å². The van der Waals surface area contributed by atoms with Gasteiger partial charge in [-0.15, -0.1) is 0 Å². The number of aromatic amines is 1. The number of carbonyl (C=O) groups is 1. The lowest BCUT2D eigenvalue weighted by Gasteiger charge is -2.18. The van der Waals surface area contributed by atoms with Crippen LogP contribution in [-0.2, 0) is 6.54 Å². The van der Waals surface area contributed by atoms with Crippen molar-refractivity contribution in [2.45, 2.75) is 19.9 Å². The Bertz CT molecular complexity index is 551. The first-order chi connectivity index (χ1) is 9.72. The summed E-state index contributed by atoms with van der Waals surface area (Å²) >= 11 is 0. The molecule has 1 heterocycles. The summed E-state index contributed by atoms with van der Waals surface area (Å²) in [7, 11) is 1.80. The van der Waals surface area contributed by atoms with E-state index in [0.29, 0.717) is 12.1 Å². The molecular formula is C15H20N4O. The number of carbonyl (C=O) groups excluding carboxylic acids is 1. The van der Waals surface area contributed by atoms with Gasteiger partial charge in [-0.05, 0) is 18.6 Å². The molecule has 0 spiro atoms. The van der Waals surface area contributed by atoms with Gasteiger partial charge in [0.1, 0.15) is 0 Å². The third-order valence-corrected chi connectivity index (χ3v) is 3.04. The minimum atomic E-state index is 0.00500. The number of anilines is 1. The molecule has 1 aromatic carbocycles. The average Bonchev–Trinajstić information content (AvgIpc) is 2.97. The number of rotatable bonds is 6. The summed E-state index contributed by atoms with van der Waals surface area (Å²) in [5.41, 5.74) is 2.57. The minimum Gasteiger partial charge on any atom is -0.384 e. The molecule has 0 aliphatic rings. The summed E-state index contributed by atoms with van der Waals surface area (Å²) in [6, 6.07) is 7.61. The quantitative estimate of drug-likeness (QED) is 0.849. The van der Waals surface area contributed by atoms with Crippen LogP contribution in [0, 0.1) is 0 Å². The summed E-state index contributed by atoms with van der Waals surface area (Å²) in [5.74, 6) is 0.00500. The van der Waals surface area contributed by atoms with Gasteiger partial charge in [-0.25, -0.2) is 0 Å². The average molecular weight is 272 g/mol. The molecule has 5 heteroatoms. The number of para-hydroxylation sites is 1. The van der Waals surface area contributed by atoms with Gasteiger partial charge in [-0.3, -0.25) is 9.89 Å². The molecule has 0 unspecified atom stereocenters. The molecule has 1 amide bonds. The van der Waals surface area contributed by atoms with Crippen LogP contribution in [0.2, 0.25) is 0 Å². The molecule has 0 aliphatic heterocycles. The third kappa shape index (κ3) is 3.38. The second-order valence-electron chi connectivity index (χ2n) is 4.74. The highest BCUT2D eigenvalue weighted by atomic mass is 16.2. The number of benzene rings is 1. The van der Waals surface area contributed by atoms with E-state index in [1.807, 2.05) is 24.3 Å². The van der Waals surface area contributed by atoms with E-state index in [1.54, 1.807) is 24.3 Å². The van der Waals surface area contributed by atoms with E-state index < -0.39 is 0 Å². The van der Waals surface area contributed by atoms with Crippen LogP contribution in [0.3, 0.4) is 0 Å². The zero-order valence-electron chi connectivity index (χ0n) is 11.9. The van der Waals surface area contributed by atoms with Crippen LogP contribution in [0.5, 0.6) is 0 Å². The van der Waals surface area contributed by atoms with Gasteiger partial charge in [-0.1, -0.05) is 19.1 Å². The Morgan fingerprint density at radius 3 is 2.90 bits per heavy atom. The smallest absolute Gasteiger partial charge is 0.255 e. The van der Waals surface area contributed by atoms with Gasteiger partial charge in [0.25, 0.3) is 5.91 Å². The van der Waals surface area contributed by atoms with Crippen LogP contribution in [0.15, 0.2) is 36.7 Å². The summed E-state index contributed by atoms with van der Waals surface area (Å²) < 4.78 is 0. The monoisotopic (exact) mass is 272 g/mol. The van der Waals surface area contributed by atoms with Gasteiger partial charge < -0.3 is 10.2 Å². The summed E-state index contributed by atoms with van der Waals surface area (Å²) in [6.07, 6.45) is 4.55. The summed E-state index contributed by atoms with van der Waals surface area (Å²) in [5, 5.41) is 9.93. The number of hydrogen-bond acceptors (Lipinski definition) is 3. The predicted octanol–water partition coefficient (Wildman–Crippen LogP) is 2.50. The lowest BCUT2D eigenvalue weighted by Crippen LogP contribution is -2.27. The lowest BCUT2D eigenvalue weighted by atomic mass is 10.1.